The van der Waals surface area contributed by atoms with Crippen LogP contribution in [0, 0.1) is 0 Å². The Hall–Kier alpha value is -2.60. The molecule has 2 aromatic carbocycles. The number of hydrogen-bond acceptors (Lipinski definition) is 4. The molecule has 1 aliphatic rings. The Labute approximate surface area is 158 Å². The number of rotatable bonds is 4. The lowest BCUT2D eigenvalue weighted by Crippen LogP contribution is -2.46. The second kappa shape index (κ2) is 7.33. The zero-order chi connectivity index (χ0) is 18.8. The molecule has 0 aliphatic carbocycles. The van der Waals surface area contributed by atoms with Gasteiger partial charge >= 0.3 is 5.97 Å². The highest BCUT2D eigenvalue weighted by molar-refractivity contribution is 7.80. The molecule has 26 heavy (non-hydrogen) atoms. The molecule has 6 heteroatoms. The topological polar surface area (TPSA) is 50.8 Å². The Morgan fingerprint density at radius 1 is 1.27 bits per heavy atom. The SMILES string of the molecule is CCOc1ccc2ccccc2c1[C@H]1NC(=S)N(C)C(C)=C1C(=O)OC. The molecule has 0 saturated heterocycles. The number of hydrogen-bond donors (Lipinski definition) is 1. The molecular weight excluding hydrogens is 348 g/mol. The van der Waals surface area contributed by atoms with E-state index in [2.05, 4.69) is 5.32 Å². The molecule has 0 amide bonds. The number of thiocarbonyl (C=S) groups is 1. The summed E-state index contributed by atoms with van der Waals surface area (Å²) in [4.78, 5) is 14.4. The molecule has 136 valence electrons. The molecule has 5 nitrogen and oxygen atoms in total. The fourth-order valence-electron chi connectivity index (χ4n) is 3.28. The van der Waals surface area contributed by atoms with Gasteiger partial charge in [0, 0.05) is 18.3 Å². The van der Waals surface area contributed by atoms with Gasteiger partial charge in [-0.3, -0.25) is 0 Å². The Bertz CT molecular complexity index is 907. The van der Waals surface area contributed by atoms with E-state index in [9.17, 15) is 4.79 Å². The van der Waals surface area contributed by atoms with Gasteiger partial charge in [0.05, 0.1) is 25.3 Å². The number of nitrogens with one attached hydrogen (secondary N) is 1. The maximum absolute atomic E-state index is 12.6. The highest BCUT2D eigenvalue weighted by Crippen LogP contribution is 2.39. The lowest BCUT2D eigenvalue weighted by Gasteiger charge is -2.36. The van der Waals surface area contributed by atoms with Gasteiger partial charge in [-0.05, 0) is 42.9 Å². The summed E-state index contributed by atoms with van der Waals surface area (Å²) < 4.78 is 10.9. The van der Waals surface area contributed by atoms with Crippen molar-refractivity contribution in [2.24, 2.45) is 0 Å². The van der Waals surface area contributed by atoms with Crippen LogP contribution in [0.5, 0.6) is 5.75 Å². The van der Waals surface area contributed by atoms with Crippen molar-refractivity contribution >= 4 is 34.1 Å². The van der Waals surface area contributed by atoms with Crippen molar-refractivity contribution in [1.29, 1.82) is 0 Å². The van der Waals surface area contributed by atoms with Gasteiger partial charge in [0.15, 0.2) is 5.11 Å². The van der Waals surface area contributed by atoms with Gasteiger partial charge < -0.3 is 19.7 Å². The van der Waals surface area contributed by atoms with Crippen molar-refractivity contribution in [3.8, 4) is 5.75 Å². The number of carbonyl (C=O) groups is 1. The van der Waals surface area contributed by atoms with Gasteiger partial charge in [0.25, 0.3) is 0 Å². The van der Waals surface area contributed by atoms with Crippen LogP contribution in [0.2, 0.25) is 0 Å². The first-order valence-electron chi connectivity index (χ1n) is 8.47. The van der Waals surface area contributed by atoms with Gasteiger partial charge in [0.1, 0.15) is 5.75 Å². The van der Waals surface area contributed by atoms with Crippen LogP contribution in [0.3, 0.4) is 0 Å². The quantitative estimate of drug-likeness (QED) is 0.656. The van der Waals surface area contributed by atoms with Crippen LogP contribution in [0.1, 0.15) is 25.5 Å². The minimum absolute atomic E-state index is 0.385. The number of carbonyl (C=O) groups excluding carboxylic acids is 1. The third-order valence-electron chi connectivity index (χ3n) is 4.68. The highest BCUT2D eigenvalue weighted by atomic mass is 32.1. The predicted octanol–water partition coefficient (Wildman–Crippen LogP) is 3.55. The molecule has 1 aliphatic heterocycles. The summed E-state index contributed by atoms with van der Waals surface area (Å²) in [6.45, 7) is 4.34. The fourth-order valence-corrected chi connectivity index (χ4v) is 3.54. The van der Waals surface area contributed by atoms with Crippen LogP contribution >= 0.6 is 12.2 Å². The molecule has 0 spiro atoms. The van der Waals surface area contributed by atoms with Crippen LogP contribution < -0.4 is 10.1 Å². The Morgan fingerprint density at radius 2 is 2.00 bits per heavy atom. The number of fused-ring (bicyclic) bond motifs is 1. The third kappa shape index (κ3) is 3.01. The normalized spacial score (nSPS) is 17.3. The van der Waals surface area contributed by atoms with Gasteiger partial charge in [-0.25, -0.2) is 4.79 Å². The van der Waals surface area contributed by atoms with Crippen molar-refractivity contribution in [2.75, 3.05) is 20.8 Å². The highest BCUT2D eigenvalue weighted by Gasteiger charge is 2.35. The molecule has 0 aromatic heterocycles. The van der Waals surface area contributed by atoms with E-state index >= 15 is 0 Å². The van der Waals surface area contributed by atoms with E-state index in [0.717, 1.165) is 27.8 Å². The van der Waals surface area contributed by atoms with E-state index in [0.29, 0.717) is 17.3 Å². The molecule has 3 rings (SSSR count). The second-order valence-corrected chi connectivity index (χ2v) is 6.45. The summed E-state index contributed by atoms with van der Waals surface area (Å²) >= 11 is 5.48. The molecule has 0 saturated carbocycles. The largest absolute Gasteiger partial charge is 0.493 e. The summed E-state index contributed by atoms with van der Waals surface area (Å²) in [7, 11) is 3.22. The summed E-state index contributed by atoms with van der Waals surface area (Å²) in [5, 5.41) is 5.92. The van der Waals surface area contributed by atoms with E-state index in [1.54, 1.807) is 4.90 Å². The van der Waals surface area contributed by atoms with E-state index < -0.39 is 6.04 Å². The summed E-state index contributed by atoms with van der Waals surface area (Å²) in [5.41, 5.74) is 2.18. The Morgan fingerprint density at radius 3 is 2.69 bits per heavy atom. The van der Waals surface area contributed by atoms with Crippen molar-refractivity contribution in [2.45, 2.75) is 19.9 Å². The maximum Gasteiger partial charge on any atom is 0.337 e. The zero-order valence-electron chi connectivity index (χ0n) is 15.3. The number of esters is 1. The average Bonchev–Trinajstić information content (AvgIpc) is 2.65. The lowest BCUT2D eigenvalue weighted by atomic mass is 9.90. The van der Waals surface area contributed by atoms with Crippen molar-refractivity contribution in [3.05, 3.63) is 53.2 Å². The van der Waals surface area contributed by atoms with Gasteiger partial charge in [0.2, 0.25) is 0 Å². The van der Waals surface area contributed by atoms with E-state index in [4.69, 9.17) is 21.7 Å². The van der Waals surface area contributed by atoms with Crippen LogP contribution in [0.4, 0.5) is 0 Å². The summed E-state index contributed by atoms with van der Waals surface area (Å²) in [5.74, 6) is 0.343. The molecule has 0 fully saturated rings. The summed E-state index contributed by atoms with van der Waals surface area (Å²) in [6.07, 6.45) is 0. The number of nitrogens with zero attached hydrogens (tertiary/aromatic N) is 1. The number of allylic oxidation sites excluding steroid dienone is 1. The van der Waals surface area contributed by atoms with Crippen molar-refractivity contribution < 1.29 is 14.3 Å². The molecule has 1 heterocycles. The molecular formula is C20H22N2O3S. The Kier molecular flexibility index (Phi) is 5.13. The minimum atomic E-state index is -0.446. The van der Waals surface area contributed by atoms with Gasteiger partial charge in [-0.1, -0.05) is 30.3 Å². The third-order valence-corrected chi connectivity index (χ3v) is 5.07. The molecule has 1 N–H and O–H groups in total. The average molecular weight is 370 g/mol. The first-order chi connectivity index (χ1) is 12.5. The maximum atomic E-state index is 12.6. The fraction of sp³-hybridized carbons (Fsp3) is 0.300. The van der Waals surface area contributed by atoms with Gasteiger partial charge in [-0.15, -0.1) is 0 Å². The predicted molar refractivity (Wildman–Crippen MR) is 106 cm³/mol. The summed E-state index contributed by atoms with van der Waals surface area (Å²) in [6, 6.07) is 11.5. The second-order valence-electron chi connectivity index (χ2n) is 6.06. The van der Waals surface area contributed by atoms with Crippen LogP contribution in [0.25, 0.3) is 10.8 Å². The molecule has 1 atom stereocenters. The van der Waals surface area contributed by atoms with Crippen LogP contribution in [-0.2, 0) is 9.53 Å². The molecule has 0 unspecified atom stereocenters. The van der Waals surface area contributed by atoms with Crippen LogP contribution in [0.15, 0.2) is 47.7 Å². The molecule has 0 bridgehead atoms. The Balaban J connectivity index is 2.31. The first-order valence-corrected chi connectivity index (χ1v) is 8.88. The van der Waals surface area contributed by atoms with E-state index in [-0.39, 0.29) is 5.97 Å². The minimum Gasteiger partial charge on any atom is -0.493 e. The molecule has 2 aromatic rings. The first kappa shape index (κ1) is 18.2. The lowest BCUT2D eigenvalue weighted by molar-refractivity contribution is -0.136. The molecule has 0 radical (unpaired) electrons. The number of ether oxygens (including phenoxy) is 2. The van der Waals surface area contributed by atoms with Gasteiger partial charge in [-0.2, -0.15) is 0 Å². The van der Waals surface area contributed by atoms with Crippen molar-refractivity contribution in [3.63, 3.8) is 0 Å². The van der Waals surface area contributed by atoms with E-state index in [1.165, 1.54) is 7.11 Å². The van der Waals surface area contributed by atoms with Crippen molar-refractivity contribution in [1.82, 2.24) is 10.2 Å². The zero-order valence-corrected chi connectivity index (χ0v) is 16.1. The monoisotopic (exact) mass is 370 g/mol. The van der Waals surface area contributed by atoms with E-state index in [1.807, 2.05) is 57.3 Å². The smallest absolute Gasteiger partial charge is 0.337 e. The number of methoxy groups -OCH3 is 1. The number of benzene rings is 2. The standard InChI is InChI=1S/C20H22N2O3S/c1-5-25-15-11-10-13-8-6-7-9-14(13)17(15)18-16(19(23)24-4)12(2)22(3)20(26)21-18/h6-11,18H,5H2,1-4H3,(H,21,26)/t18-/m0/s1. The van der Waals surface area contributed by atoms with Crippen LogP contribution in [-0.4, -0.2) is 36.7 Å².